The van der Waals surface area contributed by atoms with E-state index in [1.54, 1.807) is 41.7 Å². The first-order chi connectivity index (χ1) is 17.2. The first kappa shape index (κ1) is 28.0. The molecule has 1 aromatic heterocycles. The largest absolute Gasteiger partial charge is 0.462 e. The summed E-state index contributed by atoms with van der Waals surface area (Å²) in [5, 5.41) is 0. The van der Waals surface area contributed by atoms with Gasteiger partial charge in [-0.15, -0.1) is 0 Å². The maximum absolute atomic E-state index is 12.7. The van der Waals surface area contributed by atoms with Crippen LogP contribution in [-0.4, -0.2) is 80.1 Å². The van der Waals surface area contributed by atoms with Crippen molar-refractivity contribution in [2.45, 2.75) is 52.1 Å². The van der Waals surface area contributed by atoms with E-state index in [0.717, 1.165) is 42.5 Å². The molecule has 2 amide bonds. The molecule has 2 heterocycles. The summed E-state index contributed by atoms with van der Waals surface area (Å²) >= 11 is 1.16. The van der Waals surface area contributed by atoms with Gasteiger partial charge in [-0.3, -0.25) is 9.59 Å². The summed E-state index contributed by atoms with van der Waals surface area (Å²) in [7, 11) is -2.44. The van der Waals surface area contributed by atoms with Crippen LogP contribution in [0.15, 0.2) is 23.2 Å². The normalized spacial score (nSPS) is 16.9. The quantitative estimate of drug-likeness (QED) is 0.424. The zero-order valence-corrected chi connectivity index (χ0v) is 22.5. The number of esters is 1. The van der Waals surface area contributed by atoms with Gasteiger partial charge < -0.3 is 18.9 Å². The number of rotatable bonds is 10. The van der Waals surface area contributed by atoms with Crippen molar-refractivity contribution in [1.82, 2.24) is 9.47 Å². The summed E-state index contributed by atoms with van der Waals surface area (Å²) < 4.78 is 38.0. The van der Waals surface area contributed by atoms with Crippen molar-refractivity contribution in [1.29, 1.82) is 0 Å². The average molecular weight is 540 g/mol. The maximum atomic E-state index is 12.7. The van der Waals surface area contributed by atoms with Gasteiger partial charge in [0.15, 0.2) is 14.6 Å². The summed E-state index contributed by atoms with van der Waals surface area (Å²) in [6, 6.07) is 5.06. The van der Waals surface area contributed by atoms with Gasteiger partial charge in [0.25, 0.3) is 5.91 Å². The fourth-order valence-electron chi connectivity index (χ4n) is 4.30. The van der Waals surface area contributed by atoms with Crippen molar-refractivity contribution in [2.24, 2.45) is 4.99 Å². The molecule has 36 heavy (non-hydrogen) atoms. The minimum Gasteiger partial charge on any atom is -0.462 e. The number of thiazole rings is 1. The molecule has 1 unspecified atom stereocenters. The van der Waals surface area contributed by atoms with Gasteiger partial charge in [-0.2, -0.15) is 4.99 Å². The molecular formula is C24H33N3O7S2. The van der Waals surface area contributed by atoms with Gasteiger partial charge in [-0.05, 0) is 50.8 Å². The van der Waals surface area contributed by atoms with Crippen LogP contribution >= 0.6 is 11.3 Å². The van der Waals surface area contributed by atoms with Crippen LogP contribution in [0.2, 0.25) is 0 Å². The van der Waals surface area contributed by atoms with Crippen molar-refractivity contribution in [3.05, 3.63) is 28.6 Å². The zero-order valence-electron chi connectivity index (χ0n) is 20.9. The number of hydrogen-bond donors (Lipinski definition) is 0. The Bertz CT molecular complexity index is 1280. The number of aromatic nitrogens is 1. The highest BCUT2D eigenvalue weighted by atomic mass is 32.2. The molecule has 1 aromatic carbocycles. The lowest BCUT2D eigenvalue weighted by Crippen LogP contribution is -2.46. The van der Waals surface area contributed by atoms with E-state index in [2.05, 4.69) is 4.99 Å². The number of carbonyl (C=O) groups is 3. The Kier molecular flexibility index (Phi) is 9.80. The van der Waals surface area contributed by atoms with E-state index in [0.29, 0.717) is 30.0 Å². The van der Waals surface area contributed by atoms with Crippen LogP contribution in [0.3, 0.4) is 0 Å². The average Bonchev–Trinajstić information content (AvgIpc) is 3.17. The van der Waals surface area contributed by atoms with Crippen LogP contribution in [-0.2, 0) is 35.4 Å². The van der Waals surface area contributed by atoms with Gasteiger partial charge in [-0.25, -0.2) is 13.2 Å². The van der Waals surface area contributed by atoms with Gasteiger partial charge >= 0.3 is 5.97 Å². The number of piperidine rings is 1. The Morgan fingerprint density at radius 1 is 1.17 bits per heavy atom. The van der Waals surface area contributed by atoms with Crippen LogP contribution in [0.25, 0.3) is 10.2 Å². The molecular weight excluding hydrogens is 506 g/mol. The molecule has 0 N–H and O–H groups in total. The summed E-state index contributed by atoms with van der Waals surface area (Å²) in [6.07, 6.45) is 3.50. The minimum absolute atomic E-state index is 0.0413. The molecule has 3 rings (SSSR count). The fraction of sp³-hybridized carbons (Fsp3) is 0.583. The molecule has 0 spiro atoms. The number of fused-ring (bicyclic) bond motifs is 1. The van der Waals surface area contributed by atoms with E-state index in [1.165, 1.54) is 0 Å². The van der Waals surface area contributed by atoms with E-state index < -0.39 is 39.1 Å². The van der Waals surface area contributed by atoms with E-state index in [1.807, 2.05) is 6.92 Å². The van der Waals surface area contributed by atoms with Crippen molar-refractivity contribution in [3.8, 4) is 0 Å². The second kappa shape index (κ2) is 12.6. The summed E-state index contributed by atoms with van der Waals surface area (Å²) in [4.78, 5) is 43.5. The highest BCUT2D eigenvalue weighted by Crippen LogP contribution is 2.21. The molecule has 10 nitrogen and oxygen atoms in total. The Balaban J connectivity index is 1.83. The Morgan fingerprint density at radius 3 is 2.64 bits per heavy atom. The number of nitrogens with zero attached hydrogens (tertiary/aromatic N) is 3. The smallest absolute Gasteiger partial charge is 0.338 e. The lowest BCUT2D eigenvalue weighted by atomic mass is 10.0. The number of carbonyl (C=O) groups excluding carboxylic acids is 3. The third-order valence-electron chi connectivity index (χ3n) is 6.04. The lowest BCUT2D eigenvalue weighted by Gasteiger charge is -2.35. The third kappa shape index (κ3) is 7.01. The highest BCUT2D eigenvalue weighted by Gasteiger charge is 2.29. The van der Waals surface area contributed by atoms with Crippen LogP contribution in [0.1, 0.15) is 49.9 Å². The monoisotopic (exact) mass is 539 g/mol. The second-order valence-corrected chi connectivity index (χ2v) is 11.7. The molecule has 12 heteroatoms. The van der Waals surface area contributed by atoms with E-state index >= 15 is 0 Å². The standard InChI is InChI=1S/C24H33N3O7S2/c1-4-18-8-6-7-11-26(18)22(29)16-36(31,32)15-21(28)25-24-27(12-13-33-3)19-10-9-17(14-20(19)35-24)23(30)34-5-2/h9-10,14,18H,4-8,11-13,15-16H2,1-3H3. The van der Waals surface area contributed by atoms with Crippen molar-refractivity contribution in [3.63, 3.8) is 0 Å². The second-order valence-electron chi connectivity index (χ2n) is 8.61. The first-order valence-electron chi connectivity index (χ1n) is 12.1. The van der Waals surface area contributed by atoms with Gasteiger partial charge in [0.2, 0.25) is 5.91 Å². The molecule has 198 valence electrons. The van der Waals surface area contributed by atoms with Crippen molar-refractivity contribution < 1.29 is 32.3 Å². The molecule has 1 aliphatic heterocycles. The Labute approximate surface area is 214 Å². The van der Waals surface area contributed by atoms with Gasteiger partial charge in [0.1, 0.15) is 11.5 Å². The molecule has 0 aliphatic carbocycles. The highest BCUT2D eigenvalue weighted by molar-refractivity contribution is 7.92. The van der Waals surface area contributed by atoms with Crippen LogP contribution in [0.4, 0.5) is 0 Å². The number of hydrogen-bond acceptors (Lipinski definition) is 8. The summed E-state index contributed by atoms with van der Waals surface area (Å²) in [5.41, 5.74) is 1.09. The number of benzene rings is 1. The minimum atomic E-state index is -3.99. The Hall–Kier alpha value is -2.57. The molecule has 0 radical (unpaired) electrons. The Morgan fingerprint density at radius 2 is 1.94 bits per heavy atom. The number of likely N-dealkylation sites (tertiary alicyclic amines) is 1. The van der Waals surface area contributed by atoms with Crippen LogP contribution < -0.4 is 4.80 Å². The summed E-state index contributed by atoms with van der Waals surface area (Å²) in [5.74, 6) is -3.32. The van der Waals surface area contributed by atoms with Gasteiger partial charge in [0.05, 0.1) is 29.0 Å². The number of amides is 2. The van der Waals surface area contributed by atoms with Crippen LogP contribution in [0.5, 0.6) is 0 Å². The molecule has 1 saturated heterocycles. The topological polar surface area (TPSA) is 124 Å². The molecule has 1 atom stereocenters. The predicted molar refractivity (Wildman–Crippen MR) is 137 cm³/mol. The molecule has 2 aromatic rings. The lowest BCUT2D eigenvalue weighted by molar-refractivity contribution is -0.132. The number of sulfone groups is 1. The maximum Gasteiger partial charge on any atom is 0.338 e. The SMILES string of the molecule is CCOC(=O)c1ccc2c(c1)sc(=NC(=O)CS(=O)(=O)CC(=O)N1CCCCC1CC)n2CCOC. The molecule has 1 fully saturated rings. The van der Waals surface area contributed by atoms with Crippen molar-refractivity contribution >= 4 is 49.2 Å². The van der Waals surface area contributed by atoms with Crippen LogP contribution in [0, 0.1) is 0 Å². The molecule has 1 aliphatic rings. The molecule has 0 saturated carbocycles. The first-order valence-corrected chi connectivity index (χ1v) is 14.7. The van der Waals surface area contributed by atoms with Gasteiger partial charge in [-0.1, -0.05) is 18.3 Å². The number of methoxy groups -OCH3 is 1. The predicted octanol–water partition coefficient (Wildman–Crippen LogP) is 2.16. The van der Waals surface area contributed by atoms with Crippen molar-refractivity contribution in [2.75, 3.05) is 38.4 Å². The van der Waals surface area contributed by atoms with E-state index in [-0.39, 0.29) is 17.5 Å². The third-order valence-corrected chi connectivity index (χ3v) is 8.45. The number of ether oxygens (including phenoxy) is 2. The fourth-order valence-corrected chi connectivity index (χ4v) is 6.50. The summed E-state index contributed by atoms with van der Waals surface area (Å²) in [6.45, 7) is 5.21. The van der Waals surface area contributed by atoms with Gasteiger partial charge in [0, 0.05) is 26.2 Å². The zero-order chi connectivity index (χ0) is 26.3. The molecule has 0 bridgehead atoms. The van der Waals surface area contributed by atoms with E-state index in [9.17, 15) is 22.8 Å². The van der Waals surface area contributed by atoms with E-state index in [4.69, 9.17) is 9.47 Å².